The summed E-state index contributed by atoms with van der Waals surface area (Å²) in [5.74, 6) is -0.527. The molecule has 0 fully saturated rings. The first kappa shape index (κ1) is 21.3. The highest BCUT2D eigenvalue weighted by Crippen LogP contribution is 2.24. The van der Waals surface area contributed by atoms with Gasteiger partial charge in [0.2, 0.25) is 5.91 Å². The minimum Gasteiger partial charge on any atom is -0.351 e. The molecule has 0 aliphatic rings. The van der Waals surface area contributed by atoms with Crippen LogP contribution < -0.4 is 10.6 Å². The number of hydrogen-bond acceptors (Lipinski definition) is 4. The Morgan fingerprint density at radius 2 is 1.90 bits per heavy atom. The lowest BCUT2D eigenvalue weighted by atomic mass is 10.1. The topological polar surface area (TPSA) is 71.1 Å². The zero-order valence-electron chi connectivity index (χ0n) is 15.7. The summed E-state index contributed by atoms with van der Waals surface area (Å²) < 4.78 is 0. The maximum absolute atomic E-state index is 12.1. The fourth-order valence-electron chi connectivity index (χ4n) is 2.61. The van der Waals surface area contributed by atoms with Crippen LogP contribution in [0.25, 0.3) is 0 Å². The molecule has 0 radical (unpaired) electrons. The Hall–Kier alpha value is -2.41. The molecule has 2 amide bonds. The lowest BCUT2D eigenvalue weighted by molar-refractivity contribution is -0.116. The van der Waals surface area contributed by atoms with E-state index in [2.05, 4.69) is 15.6 Å². The number of hydrogen-bond donors (Lipinski definition) is 2. The van der Waals surface area contributed by atoms with Crippen LogP contribution in [0.1, 0.15) is 32.8 Å². The van der Waals surface area contributed by atoms with Crippen molar-refractivity contribution in [1.29, 1.82) is 0 Å². The molecule has 3 aromatic rings. The first-order valence-corrected chi connectivity index (χ1v) is 10.5. The van der Waals surface area contributed by atoms with E-state index in [1.165, 1.54) is 11.3 Å². The summed E-state index contributed by atoms with van der Waals surface area (Å²) in [7, 11) is 0. The van der Waals surface area contributed by atoms with Gasteiger partial charge in [-0.1, -0.05) is 47.5 Å². The van der Waals surface area contributed by atoms with Gasteiger partial charge in [-0.3, -0.25) is 9.59 Å². The maximum Gasteiger partial charge on any atom is 0.252 e. The molecule has 150 valence electrons. The lowest BCUT2D eigenvalue weighted by Gasteiger charge is -2.06. The number of benzene rings is 2. The van der Waals surface area contributed by atoms with Crippen LogP contribution in [0.15, 0.2) is 48.7 Å². The fourth-order valence-corrected chi connectivity index (χ4v) is 3.89. The van der Waals surface area contributed by atoms with E-state index in [1.807, 2.05) is 25.1 Å². The number of amides is 2. The van der Waals surface area contributed by atoms with E-state index in [0.29, 0.717) is 22.1 Å². The molecule has 1 aromatic heterocycles. The number of nitrogens with zero attached hydrogens (tertiary/aromatic N) is 1. The minimum atomic E-state index is -0.309. The van der Waals surface area contributed by atoms with Crippen LogP contribution in [-0.2, 0) is 11.2 Å². The van der Waals surface area contributed by atoms with Crippen LogP contribution in [0.4, 0.5) is 5.13 Å². The van der Waals surface area contributed by atoms with E-state index < -0.39 is 0 Å². The number of halogens is 2. The second-order valence-corrected chi connectivity index (χ2v) is 8.36. The van der Waals surface area contributed by atoms with Crippen molar-refractivity contribution in [3.8, 4) is 0 Å². The van der Waals surface area contributed by atoms with Crippen molar-refractivity contribution in [2.45, 2.75) is 19.8 Å². The zero-order chi connectivity index (χ0) is 20.8. The second kappa shape index (κ2) is 9.87. The number of thiazole rings is 1. The quantitative estimate of drug-likeness (QED) is 0.528. The van der Waals surface area contributed by atoms with Crippen molar-refractivity contribution in [3.05, 3.63) is 80.3 Å². The van der Waals surface area contributed by atoms with Gasteiger partial charge >= 0.3 is 0 Å². The highest BCUT2D eigenvalue weighted by Gasteiger charge is 2.11. The summed E-state index contributed by atoms with van der Waals surface area (Å²) in [6, 6.07) is 12.7. The average molecular weight is 448 g/mol. The Labute approximate surface area is 183 Å². The van der Waals surface area contributed by atoms with E-state index in [4.69, 9.17) is 23.2 Å². The van der Waals surface area contributed by atoms with Crippen molar-refractivity contribution < 1.29 is 9.59 Å². The van der Waals surface area contributed by atoms with E-state index >= 15 is 0 Å². The van der Waals surface area contributed by atoms with Gasteiger partial charge in [-0.05, 0) is 36.2 Å². The first-order chi connectivity index (χ1) is 13.9. The smallest absolute Gasteiger partial charge is 0.252 e. The summed E-state index contributed by atoms with van der Waals surface area (Å²) >= 11 is 13.6. The highest BCUT2D eigenvalue weighted by molar-refractivity contribution is 7.15. The molecule has 0 aliphatic carbocycles. The Bertz CT molecular complexity index is 1040. The zero-order valence-corrected chi connectivity index (χ0v) is 18.0. The van der Waals surface area contributed by atoms with Gasteiger partial charge in [0.1, 0.15) is 0 Å². The number of nitrogens with one attached hydrogen (secondary N) is 2. The molecule has 0 aliphatic heterocycles. The van der Waals surface area contributed by atoms with E-state index in [1.54, 1.807) is 30.5 Å². The number of aromatic nitrogens is 1. The van der Waals surface area contributed by atoms with Crippen LogP contribution in [0.5, 0.6) is 0 Å². The van der Waals surface area contributed by atoms with Crippen LogP contribution in [-0.4, -0.2) is 23.3 Å². The molecule has 0 saturated heterocycles. The molecule has 1 heterocycles. The van der Waals surface area contributed by atoms with Gasteiger partial charge in [0.25, 0.3) is 5.91 Å². The molecule has 0 bridgehead atoms. The summed E-state index contributed by atoms with van der Waals surface area (Å²) in [5.41, 5.74) is 2.51. The van der Waals surface area contributed by atoms with Crippen LogP contribution in [0.2, 0.25) is 10.0 Å². The average Bonchev–Trinajstić information content (AvgIpc) is 3.11. The standard InChI is InChI=1S/C21H19Cl2N3O2S/c1-13-6-7-14(11-18(13)23)10-15-12-25-21(29-15)26-19(27)8-9-24-20(28)16-4-2-3-5-17(16)22/h2-7,11-12H,8-10H2,1H3,(H,24,28)(H,25,26,27). The van der Waals surface area contributed by atoms with E-state index in [0.717, 1.165) is 21.0 Å². The molecule has 5 nitrogen and oxygen atoms in total. The number of aryl methyl sites for hydroxylation is 1. The minimum absolute atomic E-state index is 0.138. The van der Waals surface area contributed by atoms with Crippen LogP contribution >= 0.6 is 34.5 Å². The van der Waals surface area contributed by atoms with Gasteiger partial charge in [0.05, 0.1) is 10.6 Å². The molecule has 0 saturated carbocycles. The van der Waals surface area contributed by atoms with Crippen molar-refractivity contribution in [2.24, 2.45) is 0 Å². The maximum atomic E-state index is 12.1. The first-order valence-electron chi connectivity index (χ1n) is 8.94. The van der Waals surface area contributed by atoms with Gasteiger partial charge < -0.3 is 10.6 Å². The predicted octanol–water partition coefficient (Wildman–Crippen LogP) is 5.11. The summed E-state index contributed by atoms with van der Waals surface area (Å²) in [4.78, 5) is 29.5. The molecular weight excluding hydrogens is 429 g/mol. The third-order valence-corrected chi connectivity index (χ3v) is 5.82. The predicted molar refractivity (Wildman–Crippen MR) is 118 cm³/mol. The molecule has 8 heteroatoms. The fraction of sp³-hybridized carbons (Fsp3) is 0.190. The van der Waals surface area contributed by atoms with Crippen molar-refractivity contribution in [1.82, 2.24) is 10.3 Å². The van der Waals surface area contributed by atoms with Gasteiger partial charge in [0.15, 0.2) is 5.13 Å². The van der Waals surface area contributed by atoms with Crippen LogP contribution in [0.3, 0.4) is 0 Å². The third-order valence-electron chi connectivity index (χ3n) is 4.17. The Balaban J connectivity index is 1.47. The molecule has 0 atom stereocenters. The number of rotatable bonds is 7. The third kappa shape index (κ3) is 6.03. The van der Waals surface area contributed by atoms with Crippen molar-refractivity contribution in [2.75, 3.05) is 11.9 Å². The van der Waals surface area contributed by atoms with E-state index in [-0.39, 0.29) is 24.8 Å². The normalized spacial score (nSPS) is 10.6. The largest absolute Gasteiger partial charge is 0.351 e. The summed E-state index contributed by atoms with van der Waals surface area (Å²) in [6.07, 6.45) is 2.58. The molecule has 2 N–H and O–H groups in total. The Morgan fingerprint density at radius 1 is 1.10 bits per heavy atom. The molecule has 0 spiro atoms. The van der Waals surface area contributed by atoms with Crippen molar-refractivity contribution in [3.63, 3.8) is 0 Å². The highest BCUT2D eigenvalue weighted by atomic mass is 35.5. The van der Waals surface area contributed by atoms with Gasteiger partial charge in [-0.2, -0.15) is 0 Å². The van der Waals surface area contributed by atoms with Gasteiger partial charge in [0, 0.05) is 35.5 Å². The van der Waals surface area contributed by atoms with Gasteiger partial charge in [-0.25, -0.2) is 4.98 Å². The molecular formula is C21H19Cl2N3O2S. The molecule has 0 unspecified atom stereocenters. The summed E-state index contributed by atoms with van der Waals surface area (Å²) in [6.45, 7) is 2.17. The SMILES string of the molecule is Cc1ccc(Cc2cnc(NC(=O)CCNC(=O)c3ccccc3Cl)s2)cc1Cl. The van der Waals surface area contributed by atoms with Crippen molar-refractivity contribution >= 4 is 51.5 Å². The summed E-state index contributed by atoms with van der Waals surface area (Å²) in [5, 5.41) is 7.09. The number of carbonyl (C=O) groups is 2. The Kier molecular flexibility index (Phi) is 7.25. The monoisotopic (exact) mass is 447 g/mol. The molecule has 3 rings (SSSR count). The Morgan fingerprint density at radius 3 is 2.66 bits per heavy atom. The number of carbonyl (C=O) groups excluding carboxylic acids is 2. The second-order valence-electron chi connectivity index (χ2n) is 6.43. The lowest BCUT2D eigenvalue weighted by Crippen LogP contribution is -2.27. The number of anilines is 1. The van der Waals surface area contributed by atoms with E-state index in [9.17, 15) is 9.59 Å². The van der Waals surface area contributed by atoms with Gasteiger partial charge in [-0.15, -0.1) is 11.3 Å². The molecule has 29 heavy (non-hydrogen) atoms. The molecule has 2 aromatic carbocycles. The van der Waals surface area contributed by atoms with Crippen LogP contribution in [0, 0.1) is 6.92 Å².